The Morgan fingerprint density at radius 1 is 1.30 bits per heavy atom. The van der Waals surface area contributed by atoms with Crippen LogP contribution in [0.15, 0.2) is 23.1 Å². The van der Waals surface area contributed by atoms with E-state index in [0.717, 1.165) is 0 Å². The number of benzene rings is 1. The molecule has 5 heteroatoms. The van der Waals surface area contributed by atoms with Gasteiger partial charge in [-0.1, -0.05) is 6.07 Å². The summed E-state index contributed by atoms with van der Waals surface area (Å²) in [6.45, 7) is 8.69. The summed E-state index contributed by atoms with van der Waals surface area (Å²) in [6.07, 6.45) is 0. The first kappa shape index (κ1) is 14.9. The summed E-state index contributed by atoms with van der Waals surface area (Å²) in [5.41, 5.74) is 1.12. The molecule has 0 aromatic heterocycles. The van der Waals surface area contributed by atoms with Crippen molar-refractivity contribution in [2.45, 2.75) is 50.3 Å². The van der Waals surface area contributed by atoms with E-state index in [1.54, 1.807) is 36.9 Å². The fourth-order valence-corrected chi connectivity index (χ4v) is 3.69. The number of fused-ring (bicyclic) bond motifs is 1. The van der Waals surface area contributed by atoms with E-state index >= 15 is 0 Å². The van der Waals surface area contributed by atoms with Crippen molar-refractivity contribution in [3.63, 3.8) is 0 Å². The number of carbonyl (C=O) groups excluding carboxylic acids is 2. The van der Waals surface area contributed by atoms with Gasteiger partial charge in [0.05, 0.1) is 21.4 Å². The molecule has 0 radical (unpaired) electrons. The van der Waals surface area contributed by atoms with Crippen LogP contribution in [0.25, 0.3) is 0 Å². The summed E-state index contributed by atoms with van der Waals surface area (Å²) in [4.78, 5) is 26.4. The highest BCUT2D eigenvalue weighted by molar-refractivity contribution is 7.87. The van der Waals surface area contributed by atoms with Gasteiger partial charge in [-0.3, -0.25) is 13.8 Å². The Bertz CT molecular complexity index is 620. The standard InChI is InChI=1S/C15H19NO3S/c1-9(2)16-12-8-11(10(3)17)6-7-13(12)20(19)15(4,5)14(16)18/h6-9H,1-5H3. The van der Waals surface area contributed by atoms with Gasteiger partial charge in [0.15, 0.2) is 5.78 Å². The molecule has 1 amide bonds. The molecule has 0 saturated heterocycles. The average Bonchev–Trinajstić information content (AvgIpc) is 2.36. The van der Waals surface area contributed by atoms with Crippen LogP contribution in [0.3, 0.4) is 0 Å². The quantitative estimate of drug-likeness (QED) is 0.787. The van der Waals surface area contributed by atoms with Gasteiger partial charge in [0.1, 0.15) is 4.75 Å². The maximum Gasteiger partial charge on any atom is 0.245 e. The van der Waals surface area contributed by atoms with Gasteiger partial charge in [-0.05, 0) is 46.8 Å². The summed E-state index contributed by atoms with van der Waals surface area (Å²) in [6, 6.07) is 4.98. The predicted molar refractivity (Wildman–Crippen MR) is 79.6 cm³/mol. The predicted octanol–water partition coefficient (Wildman–Crippen LogP) is 2.53. The molecule has 1 heterocycles. The Hall–Kier alpha value is -1.49. The molecule has 0 bridgehead atoms. The molecule has 1 aliphatic rings. The Balaban J connectivity index is 2.72. The second kappa shape index (κ2) is 4.81. The molecular formula is C15H19NO3S. The summed E-state index contributed by atoms with van der Waals surface area (Å²) in [7, 11) is -1.42. The fraction of sp³-hybridized carbons (Fsp3) is 0.467. The minimum atomic E-state index is -1.42. The molecule has 2 rings (SSSR count). The number of ketones is 1. The Kier molecular flexibility index (Phi) is 3.58. The largest absolute Gasteiger partial charge is 0.307 e. The van der Waals surface area contributed by atoms with Crippen molar-refractivity contribution >= 4 is 28.2 Å². The Labute approximate surface area is 121 Å². The molecule has 1 aromatic rings. The van der Waals surface area contributed by atoms with Gasteiger partial charge in [0.25, 0.3) is 0 Å². The third kappa shape index (κ3) is 2.10. The Morgan fingerprint density at radius 2 is 1.90 bits per heavy atom. The highest BCUT2D eigenvalue weighted by Gasteiger charge is 2.46. The smallest absolute Gasteiger partial charge is 0.245 e. The van der Waals surface area contributed by atoms with Crippen LogP contribution in [-0.2, 0) is 15.6 Å². The monoisotopic (exact) mass is 293 g/mol. The lowest BCUT2D eigenvalue weighted by Gasteiger charge is -2.40. The van der Waals surface area contributed by atoms with Gasteiger partial charge in [-0.15, -0.1) is 0 Å². The summed E-state index contributed by atoms with van der Waals surface area (Å²) >= 11 is 0. The van der Waals surface area contributed by atoms with Crippen LogP contribution in [0.5, 0.6) is 0 Å². The number of Topliss-reactive ketones (excluding diaryl/α,β-unsaturated/α-hetero) is 1. The molecule has 4 nitrogen and oxygen atoms in total. The van der Waals surface area contributed by atoms with Crippen molar-refractivity contribution in [3.05, 3.63) is 23.8 Å². The van der Waals surface area contributed by atoms with E-state index in [1.807, 2.05) is 13.8 Å². The molecule has 20 heavy (non-hydrogen) atoms. The summed E-state index contributed by atoms with van der Waals surface area (Å²) in [5.74, 6) is -0.237. The first-order valence-electron chi connectivity index (χ1n) is 6.58. The van der Waals surface area contributed by atoms with E-state index in [1.165, 1.54) is 6.92 Å². The van der Waals surface area contributed by atoms with Crippen molar-refractivity contribution in [1.82, 2.24) is 0 Å². The van der Waals surface area contributed by atoms with Crippen LogP contribution in [0.2, 0.25) is 0 Å². The Morgan fingerprint density at radius 3 is 2.40 bits per heavy atom. The number of rotatable bonds is 2. The lowest BCUT2D eigenvalue weighted by molar-refractivity contribution is -0.120. The molecule has 1 atom stereocenters. The molecule has 0 fully saturated rings. The third-order valence-electron chi connectivity index (χ3n) is 3.54. The van der Waals surface area contributed by atoms with Crippen LogP contribution >= 0.6 is 0 Å². The van der Waals surface area contributed by atoms with Gasteiger partial charge in [-0.25, -0.2) is 0 Å². The molecular weight excluding hydrogens is 274 g/mol. The second-order valence-electron chi connectivity index (χ2n) is 5.79. The molecule has 1 aliphatic heterocycles. The molecule has 0 N–H and O–H groups in total. The number of carbonyl (C=O) groups is 2. The van der Waals surface area contributed by atoms with E-state index in [9.17, 15) is 13.8 Å². The number of amides is 1. The number of hydrogen-bond acceptors (Lipinski definition) is 3. The van der Waals surface area contributed by atoms with Crippen molar-refractivity contribution in [2.75, 3.05) is 4.90 Å². The van der Waals surface area contributed by atoms with E-state index in [4.69, 9.17) is 0 Å². The van der Waals surface area contributed by atoms with Gasteiger partial charge in [0, 0.05) is 11.6 Å². The average molecular weight is 293 g/mol. The molecule has 0 spiro atoms. The SMILES string of the molecule is CC(=O)c1ccc2c(c1)N(C(C)C)C(=O)C(C)(C)S2=O. The summed E-state index contributed by atoms with van der Waals surface area (Å²) < 4.78 is 11.6. The first-order valence-corrected chi connectivity index (χ1v) is 7.73. The van der Waals surface area contributed by atoms with Crippen LogP contribution in [0, 0.1) is 0 Å². The number of anilines is 1. The molecule has 108 valence electrons. The van der Waals surface area contributed by atoms with Gasteiger partial charge < -0.3 is 4.90 Å². The maximum atomic E-state index is 12.6. The number of nitrogens with zero attached hydrogens (tertiary/aromatic N) is 1. The normalized spacial score (nSPS) is 21.0. The summed E-state index contributed by atoms with van der Waals surface area (Å²) in [5, 5.41) is 0. The van der Waals surface area contributed by atoms with Crippen molar-refractivity contribution < 1.29 is 13.8 Å². The van der Waals surface area contributed by atoms with Crippen molar-refractivity contribution in [1.29, 1.82) is 0 Å². The fourth-order valence-electron chi connectivity index (χ4n) is 2.35. The van der Waals surface area contributed by atoms with Gasteiger partial charge in [0.2, 0.25) is 5.91 Å². The molecule has 1 aromatic carbocycles. The van der Waals surface area contributed by atoms with Crippen molar-refractivity contribution in [2.24, 2.45) is 0 Å². The van der Waals surface area contributed by atoms with Crippen LogP contribution in [0.4, 0.5) is 5.69 Å². The van der Waals surface area contributed by atoms with Crippen molar-refractivity contribution in [3.8, 4) is 0 Å². The zero-order valence-electron chi connectivity index (χ0n) is 12.4. The third-order valence-corrected chi connectivity index (χ3v) is 5.38. The number of hydrogen-bond donors (Lipinski definition) is 0. The van der Waals surface area contributed by atoms with Crippen LogP contribution < -0.4 is 4.90 Å². The first-order chi connectivity index (χ1) is 9.17. The minimum absolute atomic E-state index is 0.0555. The van der Waals surface area contributed by atoms with Gasteiger partial charge >= 0.3 is 0 Å². The molecule has 1 unspecified atom stereocenters. The second-order valence-corrected chi connectivity index (χ2v) is 7.78. The van der Waals surface area contributed by atoms with Crippen LogP contribution in [-0.4, -0.2) is 26.7 Å². The van der Waals surface area contributed by atoms with E-state index in [0.29, 0.717) is 16.1 Å². The zero-order valence-corrected chi connectivity index (χ0v) is 13.2. The lowest BCUT2D eigenvalue weighted by Crippen LogP contribution is -2.54. The van der Waals surface area contributed by atoms with E-state index in [2.05, 4.69) is 0 Å². The van der Waals surface area contributed by atoms with E-state index in [-0.39, 0.29) is 17.7 Å². The van der Waals surface area contributed by atoms with E-state index < -0.39 is 15.5 Å². The topological polar surface area (TPSA) is 54.5 Å². The lowest BCUT2D eigenvalue weighted by atomic mass is 10.1. The van der Waals surface area contributed by atoms with Crippen LogP contribution in [0.1, 0.15) is 45.0 Å². The maximum absolute atomic E-state index is 12.6. The highest BCUT2D eigenvalue weighted by Crippen LogP contribution is 2.39. The highest BCUT2D eigenvalue weighted by atomic mass is 32.2. The van der Waals surface area contributed by atoms with Gasteiger partial charge in [-0.2, -0.15) is 0 Å². The molecule has 0 saturated carbocycles. The minimum Gasteiger partial charge on any atom is -0.307 e. The molecule has 0 aliphatic carbocycles. The zero-order chi connectivity index (χ0) is 15.2.